The Morgan fingerprint density at radius 1 is 1.19 bits per heavy atom. The lowest BCUT2D eigenvalue weighted by Gasteiger charge is -2.17. The second-order valence-electron chi connectivity index (χ2n) is 5.94. The van der Waals surface area contributed by atoms with Crippen molar-refractivity contribution < 1.29 is 14.4 Å². The Balaban J connectivity index is 2.43. The minimum atomic E-state index is -0.433. The van der Waals surface area contributed by atoms with Crippen molar-refractivity contribution in [1.82, 2.24) is 5.32 Å². The molecule has 0 saturated heterocycles. The molecule has 0 heterocycles. The first kappa shape index (κ1) is 17.9. The molecule has 0 aliphatic heterocycles. The Morgan fingerprint density at radius 2 is 1.81 bits per heavy atom. The van der Waals surface area contributed by atoms with Crippen molar-refractivity contribution in [2.75, 3.05) is 6.54 Å². The summed E-state index contributed by atoms with van der Waals surface area (Å²) in [7, 11) is 0. The van der Waals surface area contributed by atoms with Gasteiger partial charge in [0, 0.05) is 23.6 Å². The fourth-order valence-corrected chi connectivity index (χ4v) is 2.20. The quantitative estimate of drug-likeness (QED) is 0.622. The van der Waals surface area contributed by atoms with Crippen LogP contribution in [0.15, 0.2) is 21.7 Å². The van der Waals surface area contributed by atoms with E-state index in [-0.39, 0.29) is 27.3 Å². The molecule has 0 radical (unpaired) electrons. The van der Waals surface area contributed by atoms with Gasteiger partial charge in [-0.3, -0.25) is 14.4 Å². The van der Waals surface area contributed by atoms with Gasteiger partial charge in [0.05, 0.1) is 10.1 Å². The Labute approximate surface area is 134 Å². The fourth-order valence-electron chi connectivity index (χ4n) is 1.75. The van der Waals surface area contributed by atoms with Crippen molar-refractivity contribution >= 4 is 40.7 Å². The number of hydrogen-bond acceptors (Lipinski definition) is 3. The summed E-state index contributed by atoms with van der Waals surface area (Å²) >= 11 is 11.5. The summed E-state index contributed by atoms with van der Waals surface area (Å²) in [4.78, 5) is 35.0. The first-order chi connectivity index (χ1) is 9.64. The third-order valence-corrected chi connectivity index (χ3v) is 3.75. The van der Waals surface area contributed by atoms with Crippen molar-refractivity contribution in [1.29, 1.82) is 0 Å². The molecule has 0 unspecified atom stereocenters. The van der Waals surface area contributed by atoms with Gasteiger partial charge >= 0.3 is 0 Å². The van der Waals surface area contributed by atoms with Crippen LogP contribution < -0.4 is 5.32 Å². The van der Waals surface area contributed by atoms with E-state index >= 15 is 0 Å². The van der Waals surface area contributed by atoms with E-state index < -0.39 is 11.2 Å². The predicted octanol–water partition coefficient (Wildman–Crippen LogP) is 3.09. The highest BCUT2D eigenvalue weighted by Gasteiger charge is 2.26. The van der Waals surface area contributed by atoms with Gasteiger partial charge in [0.1, 0.15) is 0 Å². The average Bonchev–Trinajstić information content (AvgIpc) is 2.38. The number of unbranched alkanes of at least 4 members (excludes halogenated alkanes) is 1. The number of carbonyl (C=O) groups excluding carboxylic acids is 3. The number of nitrogens with one attached hydrogen (secondary N) is 1. The van der Waals surface area contributed by atoms with E-state index in [0.29, 0.717) is 25.8 Å². The van der Waals surface area contributed by atoms with E-state index in [4.69, 9.17) is 23.2 Å². The van der Waals surface area contributed by atoms with Crippen molar-refractivity contribution in [3.8, 4) is 0 Å². The van der Waals surface area contributed by atoms with Gasteiger partial charge in [-0.05, 0) is 19.3 Å². The number of ketones is 2. The molecule has 4 nitrogen and oxygen atoms in total. The van der Waals surface area contributed by atoms with E-state index in [9.17, 15) is 14.4 Å². The van der Waals surface area contributed by atoms with Crippen LogP contribution in [0.25, 0.3) is 0 Å². The maximum atomic E-state index is 11.8. The maximum absolute atomic E-state index is 11.8. The molecular formula is C15H19Cl2NO3. The smallest absolute Gasteiger partial charge is 0.225 e. The second-order valence-corrected chi connectivity index (χ2v) is 6.73. The standard InChI is InChI=1S/C15H19Cl2NO3/c1-15(2,3)14(21)18-7-5-4-6-9-12(17)11(19)8-10(16)13(9)20/h8H,4-7H2,1-3H3,(H,18,21). The lowest BCUT2D eigenvalue weighted by Crippen LogP contribution is -2.35. The van der Waals surface area contributed by atoms with Crippen LogP contribution in [0.5, 0.6) is 0 Å². The van der Waals surface area contributed by atoms with Gasteiger partial charge in [-0.25, -0.2) is 0 Å². The van der Waals surface area contributed by atoms with Crippen LogP contribution >= 0.6 is 23.2 Å². The predicted molar refractivity (Wildman–Crippen MR) is 83.1 cm³/mol. The molecule has 116 valence electrons. The zero-order valence-corrected chi connectivity index (χ0v) is 13.9. The molecule has 6 heteroatoms. The topological polar surface area (TPSA) is 63.2 Å². The van der Waals surface area contributed by atoms with Gasteiger partial charge in [0.25, 0.3) is 0 Å². The van der Waals surface area contributed by atoms with Gasteiger partial charge in [-0.15, -0.1) is 0 Å². The summed E-state index contributed by atoms with van der Waals surface area (Å²) < 4.78 is 0. The van der Waals surface area contributed by atoms with Crippen molar-refractivity contribution in [2.24, 2.45) is 5.41 Å². The van der Waals surface area contributed by atoms with Crippen LogP contribution in [0.3, 0.4) is 0 Å². The SMILES string of the molecule is CC(C)(C)C(=O)NCCCCC1=C(Cl)C(=O)C=C(Cl)C1=O. The van der Waals surface area contributed by atoms with Crippen LogP contribution in [0.2, 0.25) is 0 Å². The van der Waals surface area contributed by atoms with Crippen molar-refractivity contribution in [3.63, 3.8) is 0 Å². The number of allylic oxidation sites excluding steroid dienone is 4. The second kappa shape index (κ2) is 7.23. The fraction of sp³-hybridized carbons (Fsp3) is 0.533. The molecule has 21 heavy (non-hydrogen) atoms. The lowest BCUT2D eigenvalue weighted by atomic mass is 9.95. The van der Waals surface area contributed by atoms with Crippen LogP contribution in [-0.2, 0) is 14.4 Å². The third-order valence-electron chi connectivity index (χ3n) is 3.05. The Morgan fingerprint density at radius 3 is 2.38 bits per heavy atom. The average molecular weight is 332 g/mol. The van der Waals surface area contributed by atoms with Crippen LogP contribution in [0, 0.1) is 5.41 Å². The van der Waals surface area contributed by atoms with Gasteiger partial charge in [-0.1, -0.05) is 44.0 Å². The number of Topliss-reactive ketones (excluding diaryl/α,β-unsaturated/α-hetero) is 1. The number of hydrogen-bond donors (Lipinski definition) is 1. The maximum Gasteiger partial charge on any atom is 0.225 e. The molecular weight excluding hydrogens is 313 g/mol. The molecule has 0 spiro atoms. The first-order valence-corrected chi connectivity index (χ1v) is 7.53. The van der Waals surface area contributed by atoms with E-state index in [0.717, 1.165) is 6.08 Å². The third kappa shape index (κ3) is 4.97. The largest absolute Gasteiger partial charge is 0.356 e. The Hall–Kier alpha value is -1.13. The summed E-state index contributed by atoms with van der Waals surface area (Å²) in [6.45, 7) is 6.04. The molecule has 0 saturated carbocycles. The molecule has 1 aliphatic rings. The van der Waals surface area contributed by atoms with Crippen molar-refractivity contribution in [3.05, 3.63) is 21.7 Å². The normalized spacial score (nSPS) is 16.1. The molecule has 0 aromatic carbocycles. The number of rotatable bonds is 5. The zero-order chi connectivity index (χ0) is 16.2. The number of amides is 1. The number of halogens is 2. The zero-order valence-electron chi connectivity index (χ0n) is 12.4. The monoisotopic (exact) mass is 331 g/mol. The highest BCUT2D eigenvalue weighted by atomic mass is 35.5. The summed E-state index contributed by atoms with van der Waals surface area (Å²) in [5.41, 5.74) is -0.160. The molecule has 0 aromatic heterocycles. The van der Waals surface area contributed by atoms with Crippen LogP contribution in [0.1, 0.15) is 40.0 Å². The van der Waals surface area contributed by atoms with Crippen LogP contribution in [-0.4, -0.2) is 24.0 Å². The van der Waals surface area contributed by atoms with Crippen molar-refractivity contribution in [2.45, 2.75) is 40.0 Å². The molecule has 0 aromatic rings. The van der Waals surface area contributed by atoms with Gasteiger partial charge in [0.15, 0.2) is 5.78 Å². The highest BCUT2D eigenvalue weighted by molar-refractivity contribution is 6.55. The lowest BCUT2D eigenvalue weighted by molar-refractivity contribution is -0.128. The van der Waals surface area contributed by atoms with Gasteiger partial charge < -0.3 is 5.32 Å². The molecule has 1 aliphatic carbocycles. The van der Waals surface area contributed by atoms with E-state index in [1.165, 1.54) is 0 Å². The summed E-state index contributed by atoms with van der Waals surface area (Å²) in [6, 6.07) is 0. The van der Waals surface area contributed by atoms with Gasteiger partial charge in [-0.2, -0.15) is 0 Å². The van der Waals surface area contributed by atoms with E-state index in [1.54, 1.807) is 0 Å². The first-order valence-electron chi connectivity index (χ1n) is 6.77. The molecule has 0 fully saturated rings. The summed E-state index contributed by atoms with van der Waals surface area (Å²) in [5, 5.41) is 2.67. The molecule has 1 N–H and O–H groups in total. The Bertz CT molecular complexity index is 528. The highest BCUT2D eigenvalue weighted by Crippen LogP contribution is 2.27. The van der Waals surface area contributed by atoms with E-state index in [2.05, 4.69) is 5.32 Å². The minimum Gasteiger partial charge on any atom is -0.356 e. The molecule has 0 atom stereocenters. The molecule has 0 bridgehead atoms. The minimum absolute atomic E-state index is 0.0188. The van der Waals surface area contributed by atoms with E-state index in [1.807, 2.05) is 20.8 Å². The molecule has 1 rings (SSSR count). The Kier molecular flexibility index (Phi) is 6.17. The summed E-state index contributed by atoms with van der Waals surface area (Å²) in [6.07, 6.45) is 2.75. The molecule has 1 amide bonds. The van der Waals surface area contributed by atoms with Gasteiger partial charge in [0.2, 0.25) is 11.7 Å². The summed E-state index contributed by atoms with van der Waals surface area (Å²) in [5.74, 6) is -0.841. The number of carbonyl (C=O) groups is 3. The van der Waals surface area contributed by atoms with Crippen LogP contribution in [0.4, 0.5) is 0 Å².